The topological polar surface area (TPSA) is 73.8 Å². The van der Waals surface area contributed by atoms with Crippen molar-refractivity contribution in [3.63, 3.8) is 0 Å². The minimum atomic E-state index is -2.50. The SMILES string of the molecule is C1NCC2CC12.COS(O)(Cc1ccc(F)c(NC(C)=O)c1)N1CCCCC1(C)C. The molecule has 1 amide bonds. The summed E-state index contributed by atoms with van der Waals surface area (Å²) in [6.07, 6.45) is 4.66. The zero-order valence-electron chi connectivity index (χ0n) is 18.5. The molecular formula is C22H36FN3O3S. The summed E-state index contributed by atoms with van der Waals surface area (Å²) >= 11 is 0. The van der Waals surface area contributed by atoms with E-state index in [1.807, 2.05) is 4.31 Å². The first-order valence-electron chi connectivity index (χ1n) is 10.8. The first kappa shape index (κ1) is 23.5. The van der Waals surface area contributed by atoms with Gasteiger partial charge in [-0.2, -0.15) is 0 Å². The lowest BCUT2D eigenvalue weighted by molar-refractivity contribution is -0.114. The van der Waals surface area contributed by atoms with Gasteiger partial charge in [0.2, 0.25) is 5.91 Å². The minimum absolute atomic E-state index is 0.121. The maximum Gasteiger partial charge on any atom is 0.221 e. The number of carbonyl (C=O) groups excluding carboxylic acids is 1. The van der Waals surface area contributed by atoms with Gasteiger partial charge in [-0.1, -0.05) is 12.5 Å². The highest BCUT2D eigenvalue weighted by Gasteiger charge is 2.40. The van der Waals surface area contributed by atoms with E-state index in [0.29, 0.717) is 0 Å². The van der Waals surface area contributed by atoms with Crippen LogP contribution >= 0.6 is 10.8 Å². The van der Waals surface area contributed by atoms with Gasteiger partial charge in [0.15, 0.2) is 0 Å². The van der Waals surface area contributed by atoms with Gasteiger partial charge in [0.05, 0.1) is 18.6 Å². The van der Waals surface area contributed by atoms with Crippen LogP contribution in [0, 0.1) is 17.7 Å². The number of benzene rings is 1. The summed E-state index contributed by atoms with van der Waals surface area (Å²) < 4.78 is 32.6. The number of hydrogen-bond acceptors (Lipinski definition) is 5. The van der Waals surface area contributed by atoms with Crippen LogP contribution < -0.4 is 10.6 Å². The summed E-state index contributed by atoms with van der Waals surface area (Å²) in [5.74, 6) is 1.63. The molecule has 1 aromatic rings. The minimum Gasteiger partial charge on any atom is -0.324 e. The van der Waals surface area contributed by atoms with E-state index in [1.165, 1.54) is 39.6 Å². The highest BCUT2D eigenvalue weighted by molar-refractivity contribution is 8.22. The summed E-state index contributed by atoms with van der Waals surface area (Å²) in [4.78, 5) is 11.2. The molecule has 8 heteroatoms. The number of halogens is 1. The van der Waals surface area contributed by atoms with Crippen LogP contribution in [-0.2, 0) is 14.7 Å². The molecule has 0 radical (unpaired) electrons. The van der Waals surface area contributed by atoms with Crippen LogP contribution in [0.5, 0.6) is 0 Å². The lowest BCUT2D eigenvalue weighted by Gasteiger charge is -2.55. The lowest BCUT2D eigenvalue weighted by Crippen LogP contribution is -2.49. The Bertz CT molecular complexity index is 755. The molecule has 0 spiro atoms. The molecule has 30 heavy (non-hydrogen) atoms. The molecule has 6 nitrogen and oxygen atoms in total. The molecule has 2 aliphatic heterocycles. The summed E-state index contributed by atoms with van der Waals surface area (Å²) in [5, 5.41) is 5.79. The van der Waals surface area contributed by atoms with Crippen LogP contribution in [0.25, 0.3) is 0 Å². The Labute approximate surface area is 181 Å². The van der Waals surface area contributed by atoms with Gasteiger partial charge in [0, 0.05) is 19.0 Å². The maximum atomic E-state index is 13.8. The first-order chi connectivity index (χ1) is 14.1. The van der Waals surface area contributed by atoms with Crippen LogP contribution in [0.2, 0.25) is 0 Å². The van der Waals surface area contributed by atoms with Gasteiger partial charge in [0.25, 0.3) is 0 Å². The molecular weight excluding hydrogens is 405 g/mol. The third-order valence-electron chi connectivity index (χ3n) is 6.26. The Balaban J connectivity index is 0.000000357. The molecule has 4 rings (SSSR count). The molecule has 2 saturated heterocycles. The van der Waals surface area contributed by atoms with Crippen LogP contribution in [0.3, 0.4) is 0 Å². The predicted octanol–water partition coefficient (Wildman–Crippen LogP) is 4.53. The predicted molar refractivity (Wildman–Crippen MR) is 121 cm³/mol. The third kappa shape index (κ3) is 5.73. The van der Waals surface area contributed by atoms with Crippen molar-refractivity contribution in [3.8, 4) is 0 Å². The fraction of sp³-hybridized carbons (Fsp3) is 0.682. The van der Waals surface area contributed by atoms with Crippen LogP contribution in [0.4, 0.5) is 10.1 Å². The fourth-order valence-corrected chi connectivity index (χ4v) is 6.77. The van der Waals surface area contributed by atoms with Crippen molar-refractivity contribution in [1.82, 2.24) is 9.62 Å². The van der Waals surface area contributed by atoms with E-state index >= 15 is 0 Å². The van der Waals surface area contributed by atoms with Gasteiger partial charge in [-0.05, 0) is 75.7 Å². The van der Waals surface area contributed by atoms with Crippen molar-refractivity contribution in [2.75, 3.05) is 32.1 Å². The average molecular weight is 442 g/mol. The highest BCUT2D eigenvalue weighted by atomic mass is 32.3. The molecule has 1 aromatic carbocycles. The monoisotopic (exact) mass is 441 g/mol. The van der Waals surface area contributed by atoms with Crippen LogP contribution in [0.15, 0.2) is 18.2 Å². The molecule has 3 fully saturated rings. The van der Waals surface area contributed by atoms with Crippen molar-refractivity contribution < 1.29 is 17.9 Å². The van der Waals surface area contributed by atoms with Crippen molar-refractivity contribution in [3.05, 3.63) is 29.6 Å². The summed E-state index contributed by atoms with van der Waals surface area (Å²) in [5.41, 5.74) is 0.690. The zero-order valence-corrected chi connectivity index (χ0v) is 19.4. The standard InChI is InChI=1S/C17H27FN2O3S.C5H9N/c1-13(21)19-16-11-14(7-8-15(16)18)12-24(22,23-4)20-10-6-5-9-17(20,2)3;1-4-2-6-3-5(1)4/h7-8,11,22H,5-6,9-10,12H2,1-4H3,(H,19,21);4-6H,1-3H2. The molecule has 1 saturated carbocycles. The number of piperidine rings is 2. The number of carbonyl (C=O) groups is 1. The number of nitrogens with zero attached hydrogens (tertiary/aromatic N) is 1. The second kappa shape index (κ2) is 9.53. The highest BCUT2D eigenvalue weighted by Crippen LogP contribution is 2.56. The largest absolute Gasteiger partial charge is 0.324 e. The van der Waals surface area contributed by atoms with E-state index in [4.69, 9.17) is 4.18 Å². The number of anilines is 1. The molecule has 3 aliphatic rings. The number of amides is 1. The maximum absolute atomic E-state index is 13.8. The van der Waals surface area contributed by atoms with E-state index in [0.717, 1.165) is 43.2 Å². The summed E-state index contributed by atoms with van der Waals surface area (Å²) in [6, 6.07) is 4.48. The molecule has 2 heterocycles. The van der Waals surface area contributed by atoms with Gasteiger partial charge >= 0.3 is 0 Å². The number of fused-ring (bicyclic) bond motifs is 1. The zero-order chi connectivity index (χ0) is 21.9. The first-order valence-corrected chi connectivity index (χ1v) is 12.4. The van der Waals surface area contributed by atoms with Crippen molar-refractivity contribution in [1.29, 1.82) is 0 Å². The van der Waals surface area contributed by atoms with Gasteiger partial charge in [-0.15, -0.1) is 10.8 Å². The van der Waals surface area contributed by atoms with Crippen LogP contribution in [0.1, 0.15) is 52.0 Å². The summed E-state index contributed by atoms with van der Waals surface area (Å²) in [7, 11) is -0.987. The molecule has 3 unspecified atom stereocenters. The fourth-order valence-electron chi connectivity index (χ4n) is 4.43. The summed E-state index contributed by atoms with van der Waals surface area (Å²) in [6.45, 7) is 8.94. The van der Waals surface area contributed by atoms with Gasteiger partial charge in [-0.3, -0.25) is 13.5 Å². The van der Waals surface area contributed by atoms with Gasteiger partial charge < -0.3 is 10.6 Å². The Morgan fingerprint density at radius 2 is 2.07 bits per heavy atom. The molecule has 3 atom stereocenters. The second-order valence-electron chi connectivity index (χ2n) is 9.20. The van der Waals surface area contributed by atoms with E-state index in [9.17, 15) is 13.7 Å². The van der Waals surface area contributed by atoms with E-state index in [2.05, 4.69) is 24.5 Å². The van der Waals surface area contributed by atoms with Gasteiger partial charge in [-0.25, -0.2) is 8.70 Å². The van der Waals surface area contributed by atoms with E-state index < -0.39 is 16.6 Å². The van der Waals surface area contributed by atoms with Crippen LogP contribution in [-0.4, -0.2) is 47.0 Å². The lowest BCUT2D eigenvalue weighted by atomic mass is 9.93. The number of rotatable bonds is 5. The normalized spacial score (nSPS) is 27.8. The molecule has 170 valence electrons. The molecule has 0 aromatic heterocycles. The molecule has 1 aliphatic carbocycles. The van der Waals surface area contributed by atoms with E-state index in [1.54, 1.807) is 12.1 Å². The van der Waals surface area contributed by atoms with Gasteiger partial charge in [0.1, 0.15) is 5.82 Å². The average Bonchev–Trinajstić information content (AvgIpc) is 3.29. The quantitative estimate of drug-likeness (QED) is 0.626. The van der Waals surface area contributed by atoms with Crippen molar-refractivity contribution >= 4 is 22.4 Å². The Morgan fingerprint density at radius 3 is 2.57 bits per heavy atom. The Morgan fingerprint density at radius 1 is 1.37 bits per heavy atom. The number of nitrogens with one attached hydrogen (secondary N) is 2. The molecule has 3 N–H and O–H groups in total. The molecule has 0 bridgehead atoms. The Hall–Kier alpha value is -1.19. The number of hydrogen-bond donors (Lipinski definition) is 3. The van der Waals surface area contributed by atoms with E-state index in [-0.39, 0.29) is 22.9 Å². The second-order valence-corrected chi connectivity index (χ2v) is 11.5. The Kier molecular flexibility index (Phi) is 7.45. The van der Waals surface area contributed by atoms with Crippen molar-refractivity contribution in [2.45, 2.75) is 57.7 Å². The smallest absolute Gasteiger partial charge is 0.221 e. The third-order valence-corrected chi connectivity index (χ3v) is 8.87. The van der Waals surface area contributed by atoms with Crippen molar-refractivity contribution in [2.24, 2.45) is 11.8 Å².